The van der Waals surface area contributed by atoms with Crippen LogP contribution in [0.5, 0.6) is 0 Å². The molecule has 1 amide bonds. The molecule has 23 heavy (non-hydrogen) atoms. The maximum atomic E-state index is 11.9. The third-order valence-corrected chi connectivity index (χ3v) is 3.64. The number of aromatic nitrogens is 1. The Morgan fingerprint density at radius 2 is 1.96 bits per heavy atom. The van der Waals surface area contributed by atoms with Crippen molar-refractivity contribution in [1.82, 2.24) is 4.98 Å². The molecule has 0 bridgehead atoms. The van der Waals surface area contributed by atoms with E-state index in [1.54, 1.807) is 18.2 Å². The lowest BCUT2D eigenvalue weighted by molar-refractivity contribution is -0.119. The van der Waals surface area contributed by atoms with Crippen molar-refractivity contribution in [2.24, 2.45) is 0 Å². The highest BCUT2D eigenvalue weighted by Gasteiger charge is 2.11. The molecule has 1 N–H and O–H groups in total. The van der Waals surface area contributed by atoms with Crippen LogP contribution in [0.25, 0.3) is 0 Å². The van der Waals surface area contributed by atoms with Gasteiger partial charge in [0, 0.05) is 17.3 Å². The number of anilines is 1. The van der Waals surface area contributed by atoms with Crippen LogP contribution in [-0.4, -0.2) is 29.2 Å². The van der Waals surface area contributed by atoms with E-state index in [-0.39, 0.29) is 5.75 Å². The summed E-state index contributed by atoms with van der Waals surface area (Å²) in [5.41, 5.74) is 0.912. The van der Waals surface area contributed by atoms with Gasteiger partial charge in [-0.15, -0.1) is 11.8 Å². The van der Waals surface area contributed by atoms with Crippen molar-refractivity contribution in [3.8, 4) is 6.07 Å². The number of carbonyl (C=O) groups is 2. The molecule has 2 rings (SSSR count). The van der Waals surface area contributed by atoms with Crippen molar-refractivity contribution in [2.75, 3.05) is 17.7 Å². The Bertz CT molecular complexity index is 729. The van der Waals surface area contributed by atoms with Gasteiger partial charge in [0.15, 0.2) is 6.61 Å². The number of carbonyl (C=O) groups excluding carboxylic acids is 2. The lowest BCUT2D eigenvalue weighted by Crippen LogP contribution is -2.21. The molecule has 6 nitrogen and oxygen atoms in total. The summed E-state index contributed by atoms with van der Waals surface area (Å²) >= 11 is 1.32. The maximum absolute atomic E-state index is 11.9. The third kappa shape index (κ3) is 5.13. The topological polar surface area (TPSA) is 92.1 Å². The Kier molecular flexibility index (Phi) is 6.15. The van der Waals surface area contributed by atoms with Crippen LogP contribution in [0.1, 0.15) is 10.4 Å². The van der Waals surface area contributed by atoms with Crippen molar-refractivity contribution in [3.05, 3.63) is 54.4 Å². The Hall–Kier alpha value is -2.85. The highest BCUT2D eigenvalue weighted by Crippen LogP contribution is 2.26. The number of pyridine rings is 1. The number of hydrogen-bond acceptors (Lipinski definition) is 6. The Morgan fingerprint density at radius 3 is 2.70 bits per heavy atom. The molecule has 0 atom stereocenters. The van der Waals surface area contributed by atoms with E-state index < -0.39 is 18.5 Å². The molecule has 0 fully saturated rings. The summed E-state index contributed by atoms with van der Waals surface area (Å²) < 4.78 is 4.95. The van der Waals surface area contributed by atoms with E-state index in [1.165, 1.54) is 36.3 Å². The van der Waals surface area contributed by atoms with Crippen LogP contribution < -0.4 is 5.32 Å². The number of para-hydroxylation sites is 1. The molecule has 0 aliphatic carbocycles. The summed E-state index contributed by atoms with van der Waals surface area (Å²) in [4.78, 5) is 28.2. The van der Waals surface area contributed by atoms with E-state index >= 15 is 0 Å². The van der Waals surface area contributed by atoms with Crippen molar-refractivity contribution in [1.29, 1.82) is 5.26 Å². The number of amides is 1. The molecule has 0 unspecified atom stereocenters. The molecule has 116 valence electrons. The van der Waals surface area contributed by atoms with E-state index in [0.29, 0.717) is 11.3 Å². The van der Waals surface area contributed by atoms with Crippen LogP contribution >= 0.6 is 11.8 Å². The molecule has 0 radical (unpaired) electrons. The number of nitrogens with zero attached hydrogens (tertiary/aromatic N) is 2. The summed E-state index contributed by atoms with van der Waals surface area (Å²) in [5.74, 6) is -0.753. The summed E-state index contributed by atoms with van der Waals surface area (Å²) in [6, 6.07) is 12.2. The van der Waals surface area contributed by atoms with Gasteiger partial charge < -0.3 is 10.1 Å². The Morgan fingerprint density at radius 1 is 1.22 bits per heavy atom. The quantitative estimate of drug-likeness (QED) is 0.647. The van der Waals surface area contributed by atoms with Gasteiger partial charge in [-0.2, -0.15) is 5.26 Å². The lowest BCUT2D eigenvalue weighted by Gasteiger charge is -2.10. The van der Waals surface area contributed by atoms with Gasteiger partial charge in [0.05, 0.1) is 23.1 Å². The SMILES string of the molecule is N#CCSc1ccccc1NC(=O)COC(=O)c1ccncc1. The van der Waals surface area contributed by atoms with Gasteiger partial charge in [0.25, 0.3) is 5.91 Å². The van der Waals surface area contributed by atoms with Crippen molar-refractivity contribution in [3.63, 3.8) is 0 Å². The van der Waals surface area contributed by atoms with Gasteiger partial charge in [-0.3, -0.25) is 9.78 Å². The van der Waals surface area contributed by atoms with Crippen molar-refractivity contribution >= 4 is 29.3 Å². The van der Waals surface area contributed by atoms with E-state index in [9.17, 15) is 9.59 Å². The van der Waals surface area contributed by atoms with Crippen LogP contribution in [0, 0.1) is 11.3 Å². The van der Waals surface area contributed by atoms with Gasteiger partial charge in [-0.05, 0) is 24.3 Å². The maximum Gasteiger partial charge on any atom is 0.338 e. The number of rotatable bonds is 6. The third-order valence-electron chi connectivity index (χ3n) is 2.70. The number of nitriles is 1. The van der Waals surface area contributed by atoms with E-state index in [0.717, 1.165) is 4.90 Å². The minimum atomic E-state index is -0.588. The first kappa shape index (κ1) is 16.5. The second-order valence-electron chi connectivity index (χ2n) is 4.30. The van der Waals surface area contributed by atoms with E-state index in [2.05, 4.69) is 10.3 Å². The first-order valence-electron chi connectivity index (χ1n) is 6.66. The molecule has 1 aromatic heterocycles. The molecular formula is C16H13N3O3S. The first-order valence-corrected chi connectivity index (χ1v) is 7.65. The standard InChI is InChI=1S/C16H13N3O3S/c17-7-10-23-14-4-2-1-3-13(14)19-15(20)11-22-16(21)12-5-8-18-9-6-12/h1-6,8-9H,10-11H2,(H,19,20). The highest BCUT2D eigenvalue weighted by molar-refractivity contribution is 7.99. The summed E-state index contributed by atoms with van der Waals surface area (Å²) in [6.07, 6.45) is 2.94. The lowest BCUT2D eigenvalue weighted by atomic mass is 10.3. The van der Waals surface area contributed by atoms with Gasteiger partial charge >= 0.3 is 5.97 Å². The molecule has 0 spiro atoms. The predicted molar refractivity (Wildman–Crippen MR) is 85.9 cm³/mol. The fourth-order valence-electron chi connectivity index (χ4n) is 1.69. The monoisotopic (exact) mass is 327 g/mol. The second-order valence-corrected chi connectivity index (χ2v) is 5.32. The minimum absolute atomic E-state index is 0.282. The van der Waals surface area contributed by atoms with E-state index in [1.807, 2.05) is 12.1 Å². The Balaban J connectivity index is 1.90. The zero-order valence-corrected chi connectivity index (χ0v) is 12.9. The van der Waals surface area contributed by atoms with Crippen molar-refractivity contribution < 1.29 is 14.3 Å². The zero-order chi connectivity index (χ0) is 16.5. The average molecular weight is 327 g/mol. The first-order chi connectivity index (χ1) is 11.2. The molecule has 0 saturated carbocycles. The molecule has 0 aliphatic heterocycles. The van der Waals surface area contributed by atoms with Crippen molar-refractivity contribution in [2.45, 2.75) is 4.90 Å². The number of benzene rings is 1. The molecule has 1 aromatic carbocycles. The number of hydrogen-bond donors (Lipinski definition) is 1. The molecule has 2 aromatic rings. The number of ether oxygens (including phenoxy) is 1. The summed E-state index contributed by atoms with van der Waals surface area (Å²) in [7, 11) is 0. The zero-order valence-electron chi connectivity index (χ0n) is 12.1. The van der Waals surface area contributed by atoms with Crippen LogP contribution in [0.15, 0.2) is 53.7 Å². The number of nitrogens with one attached hydrogen (secondary N) is 1. The molecule has 0 saturated heterocycles. The normalized spacial score (nSPS) is 9.70. The van der Waals surface area contributed by atoms with Crippen LogP contribution in [0.2, 0.25) is 0 Å². The smallest absolute Gasteiger partial charge is 0.338 e. The summed E-state index contributed by atoms with van der Waals surface area (Å²) in [6.45, 7) is -0.390. The number of thioether (sulfide) groups is 1. The average Bonchev–Trinajstić information content (AvgIpc) is 2.59. The fraction of sp³-hybridized carbons (Fsp3) is 0.125. The van der Waals surface area contributed by atoms with E-state index in [4.69, 9.17) is 10.00 Å². The number of esters is 1. The van der Waals surface area contributed by atoms with Gasteiger partial charge in [0.2, 0.25) is 0 Å². The summed E-state index contributed by atoms with van der Waals surface area (Å²) in [5, 5.41) is 11.3. The highest BCUT2D eigenvalue weighted by atomic mass is 32.2. The Labute approximate surface area is 137 Å². The van der Waals surface area contributed by atoms with Gasteiger partial charge in [0.1, 0.15) is 0 Å². The molecule has 7 heteroatoms. The van der Waals surface area contributed by atoms with Crippen LogP contribution in [-0.2, 0) is 9.53 Å². The molecule has 0 aliphatic rings. The predicted octanol–water partition coefficient (Wildman–Crippen LogP) is 2.49. The fourth-order valence-corrected chi connectivity index (χ4v) is 2.36. The van der Waals surface area contributed by atoms with Crippen LogP contribution in [0.3, 0.4) is 0 Å². The molecule has 1 heterocycles. The van der Waals surface area contributed by atoms with Crippen LogP contribution in [0.4, 0.5) is 5.69 Å². The van der Waals surface area contributed by atoms with Gasteiger partial charge in [-0.25, -0.2) is 4.79 Å². The largest absolute Gasteiger partial charge is 0.452 e. The minimum Gasteiger partial charge on any atom is -0.452 e. The second kappa shape index (κ2) is 8.56. The van der Waals surface area contributed by atoms with Gasteiger partial charge in [-0.1, -0.05) is 12.1 Å². The molecular weight excluding hydrogens is 314 g/mol.